The van der Waals surface area contributed by atoms with Crippen molar-refractivity contribution in [1.29, 1.82) is 0 Å². The average molecular weight is 1150 g/mol. The van der Waals surface area contributed by atoms with Crippen molar-refractivity contribution < 1.29 is 28.6 Å². The smallest absolute Gasteiger partial charge is 0.306 e. The average Bonchev–Trinajstić information content (AvgIpc) is 3.49. The van der Waals surface area contributed by atoms with E-state index in [9.17, 15) is 14.4 Å². The molecule has 6 heteroatoms. The third-order valence-corrected chi connectivity index (χ3v) is 14.3. The minimum absolute atomic E-state index is 0.0927. The van der Waals surface area contributed by atoms with E-state index >= 15 is 0 Å². The van der Waals surface area contributed by atoms with Crippen molar-refractivity contribution >= 4 is 17.9 Å². The molecule has 0 aromatic rings. The molecule has 0 saturated carbocycles. The van der Waals surface area contributed by atoms with E-state index < -0.39 is 6.10 Å². The van der Waals surface area contributed by atoms with Crippen LogP contribution in [0.2, 0.25) is 0 Å². The molecule has 0 aromatic carbocycles. The number of esters is 3. The summed E-state index contributed by atoms with van der Waals surface area (Å²) in [4.78, 5) is 38.5. The van der Waals surface area contributed by atoms with Crippen LogP contribution in [0, 0.1) is 0 Å². The predicted molar refractivity (Wildman–Crippen MR) is 362 cm³/mol. The van der Waals surface area contributed by atoms with Gasteiger partial charge < -0.3 is 14.2 Å². The van der Waals surface area contributed by atoms with Crippen LogP contribution < -0.4 is 0 Å². The Hall–Kier alpha value is -4.71. The Labute approximate surface area is 512 Å². The molecule has 0 N–H and O–H groups in total. The monoisotopic (exact) mass is 1150 g/mol. The lowest BCUT2D eigenvalue weighted by molar-refractivity contribution is -0.167. The highest BCUT2D eigenvalue weighted by atomic mass is 16.6. The Morgan fingerprint density at radius 2 is 0.470 bits per heavy atom. The fourth-order valence-corrected chi connectivity index (χ4v) is 9.23. The van der Waals surface area contributed by atoms with Gasteiger partial charge in [0.25, 0.3) is 0 Å². The Morgan fingerprint density at radius 1 is 0.253 bits per heavy atom. The van der Waals surface area contributed by atoms with Crippen molar-refractivity contribution in [3.8, 4) is 0 Å². The molecule has 470 valence electrons. The van der Waals surface area contributed by atoms with Crippen molar-refractivity contribution in [2.24, 2.45) is 0 Å². The molecule has 83 heavy (non-hydrogen) atoms. The Bertz CT molecular complexity index is 1800. The molecule has 0 aromatic heterocycles. The molecule has 0 saturated heterocycles. The summed E-state index contributed by atoms with van der Waals surface area (Å²) >= 11 is 0. The largest absolute Gasteiger partial charge is 0.462 e. The molecule has 6 nitrogen and oxygen atoms in total. The first-order valence-corrected chi connectivity index (χ1v) is 34.3. The van der Waals surface area contributed by atoms with Crippen LogP contribution in [0.15, 0.2) is 146 Å². The molecular formula is C77H126O6. The molecule has 0 heterocycles. The lowest BCUT2D eigenvalue weighted by atomic mass is 10.0. The zero-order valence-corrected chi connectivity index (χ0v) is 53.9. The third kappa shape index (κ3) is 68.0. The van der Waals surface area contributed by atoms with E-state index in [-0.39, 0.29) is 31.1 Å². The number of ether oxygens (including phenoxy) is 3. The van der Waals surface area contributed by atoms with Crippen LogP contribution in [0.3, 0.4) is 0 Å². The quantitative estimate of drug-likeness (QED) is 0.0261. The van der Waals surface area contributed by atoms with Gasteiger partial charge in [-0.1, -0.05) is 289 Å². The van der Waals surface area contributed by atoms with Gasteiger partial charge in [0.15, 0.2) is 6.10 Å². The lowest BCUT2D eigenvalue weighted by Gasteiger charge is -2.18. The third-order valence-electron chi connectivity index (χ3n) is 14.3. The predicted octanol–water partition coefficient (Wildman–Crippen LogP) is 23.9. The fourth-order valence-electron chi connectivity index (χ4n) is 9.23. The van der Waals surface area contributed by atoms with Gasteiger partial charge in [-0.3, -0.25) is 14.4 Å². The molecule has 0 fully saturated rings. The zero-order chi connectivity index (χ0) is 59.9. The molecule has 1 atom stereocenters. The van der Waals surface area contributed by atoms with Gasteiger partial charge in [0.2, 0.25) is 0 Å². The lowest BCUT2D eigenvalue weighted by Crippen LogP contribution is -2.30. The maximum absolute atomic E-state index is 13.0. The highest BCUT2D eigenvalue weighted by molar-refractivity contribution is 5.71. The molecule has 0 aliphatic heterocycles. The van der Waals surface area contributed by atoms with Gasteiger partial charge in [-0.15, -0.1) is 0 Å². The summed E-state index contributed by atoms with van der Waals surface area (Å²) in [7, 11) is 0. The molecule has 0 aliphatic rings. The van der Waals surface area contributed by atoms with Crippen LogP contribution >= 0.6 is 0 Å². The van der Waals surface area contributed by atoms with Crippen LogP contribution in [0.5, 0.6) is 0 Å². The van der Waals surface area contributed by atoms with E-state index in [1.165, 1.54) is 103 Å². The van der Waals surface area contributed by atoms with Gasteiger partial charge in [-0.25, -0.2) is 0 Å². The summed E-state index contributed by atoms with van der Waals surface area (Å²) in [5.41, 5.74) is 0. The highest BCUT2D eigenvalue weighted by Gasteiger charge is 2.19. The van der Waals surface area contributed by atoms with Crippen LogP contribution in [0.25, 0.3) is 0 Å². The van der Waals surface area contributed by atoms with E-state index in [0.29, 0.717) is 19.3 Å². The minimum Gasteiger partial charge on any atom is -0.462 e. The first-order valence-electron chi connectivity index (χ1n) is 34.3. The number of hydrogen-bond acceptors (Lipinski definition) is 6. The van der Waals surface area contributed by atoms with Gasteiger partial charge in [0.1, 0.15) is 13.2 Å². The summed E-state index contributed by atoms with van der Waals surface area (Å²) in [6, 6.07) is 0. The first kappa shape index (κ1) is 78.3. The number of allylic oxidation sites excluding steroid dienone is 24. The molecule has 1 unspecified atom stereocenters. The van der Waals surface area contributed by atoms with Crippen LogP contribution in [0.4, 0.5) is 0 Å². The van der Waals surface area contributed by atoms with E-state index in [4.69, 9.17) is 14.2 Å². The van der Waals surface area contributed by atoms with Crippen molar-refractivity contribution in [2.75, 3.05) is 13.2 Å². The Kier molecular flexibility index (Phi) is 65.8. The van der Waals surface area contributed by atoms with Crippen molar-refractivity contribution in [2.45, 2.75) is 309 Å². The number of carbonyl (C=O) groups excluding carboxylic acids is 3. The summed E-state index contributed by atoms with van der Waals surface area (Å²) in [5.74, 6) is -0.916. The maximum Gasteiger partial charge on any atom is 0.306 e. The van der Waals surface area contributed by atoms with E-state index in [1.807, 2.05) is 0 Å². The zero-order valence-electron chi connectivity index (χ0n) is 53.9. The van der Waals surface area contributed by atoms with Crippen molar-refractivity contribution in [3.63, 3.8) is 0 Å². The second kappa shape index (κ2) is 69.8. The maximum atomic E-state index is 13.0. The van der Waals surface area contributed by atoms with Crippen LogP contribution in [-0.2, 0) is 28.6 Å². The number of unbranched alkanes of at least 4 members (excludes halogenated alkanes) is 26. The summed E-state index contributed by atoms with van der Waals surface area (Å²) in [6.07, 6.45) is 100.0. The molecule has 0 radical (unpaired) electrons. The van der Waals surface area contributed by atoms with Gasteiger partial charge in [-0.05, 0) is 141 Å². The van der Waals surface area contributed by atoms with Gasteiger partial charge in [-0.2, -0.15) is 0 Å². The summed E-state index contributed by atoms with van der Waals surface area (Å²) < 4.78 is 17.0. The van der Waals surface area contributed by atoms with Crippen LogP contribution in [-0.4, -0.2) is 37.2 Å². The highest BCUT2D eigenvalue weighted by Crippen LogP contribution is 2.16. The van der Waals surface area contributed by atoms with E-state index in [2.05, 4.69) is 167 Å². The normalized spacial score (nSPS) is 13.0. The molecule has 0 aliphatic carbocycles. The molecule has 0 bridgehead atoms. The van der Waals surface area contributed by atoms with Gasteiger partial charge in [0, 0.05) is 19.3 Å². The van der Waals surface area contributed by atoms with Crippen molar-refractivity contribution in [3.05, 3.63) is 146 Å². The SMILES string of the molecule is CC/C=C\C/C=C\C/C=C\C/C=C\C/C=C\CCCCCCCCCCCCCC(=O)OCC(COC(=O)CCCCCCC/C=C\C/C=C\CCCCC)OC(=O)CCCCCCCCC/C=C\C/C=C\C/C=C\C/C=C\C/C=C\CC. The number of carbonyl (C=O) groups is 3. The van der Waals surface area contributed by atoms with Crippen molar-refractivity contribution in [1.82, 2.24) is 0 Å². The van der Waals surface area contributed by atoms with Crippen LogP contribution in [0.1, 0.15) is 303 Å². The number of hydrogen-bond donors (Lipinski definition) is 0. The number of rotatable bonds is 61. The van der Waals surface area contributed by atoms with E-state index in [0.717, 1.165) is 161 Å². The minimum atomic E-state index is -0.799. The molecular weight excluding hydrogens is 1020 g/mol. The standard InChI is InChI=1S/C77H126O6/c1-4-7-10-13-16-19-22-25-28-30-32-34-36-37-38-39-41-42-44-46-49-52-55-58-61-64-67-70-76(79)82-73-74(72-81-75(78)69-66-63-60-57-54-51-48-27-24-21-18-15-12-9-6-3)83-77(80)71-68-65-62-59-56-53-50-47-45-43-40-35-33-31-29-26-23-20-17-14-11-8-5-2/h7-8,10-11,16-21,25-29,32-35,37-38,43,45,48,74H,4-6,9,12-15,22-24,30-31,36,39-42,44,46-47,49-73H2,1-3H3/b10-7-,11-8-,19-16-,20-17-,21-18-,28-25-,29-26-,34-32-,35-33-,38-37-,45-43-,48-27-. The van der Waals surface area contributed by atoms with E-state index in [1.54, 1.807) is 0 Å². The summed E-state index contributed by atoms with van der Waals surface area (Å²) in [5, 5.41) is 0. The second-order valence-corrected chi connectivity index (χ2v) is 22.3. The molecule has 0 spiro atoms. The topological polar surface area (TPSA) is 78.9 Å². The summed E-state index contributed by atoms with van der Waals surface area (Å²) in [6.45, 7) is 6.38. The van der Waals surface area contributed by atoms with Gasteiger partial charge in [0.05, 0.1) is 0 Å². The second-order valence-electron chi connectivity index (χ2n) is 22.3. The Balaban J connectivity index is 4.39. The molecule has 0 rings (SSSR count). The van der Waals surface area contributed by atoms with Gasteiger partial charge >= 0.3 is 17.9 Å². The molecule has 0 amide bonds. The Morgan fingerprint density at radius 3 is 0.735 bits per heavy atom. The fraction of sp³-hybridized carbons (Fsp3) is 0.649. The first-order chi connectivity index (χ1) is 41.0.